The lowest BCUT2D eigenvalue weighted by molar-refractivity contribution is -0.132. The smallest absolute Gasteiger partial charge is 0.239 e. The highest BCUT2D eigenvalue weighted by Gasteiger charge is 2.27. The minimum absolute atomic E-state index is 0.0846. The largest absolute Gasteiger partial charge is 0.391 e. The van der Waals surface area contributed by atoms with Gasteiger partial charge < -0.3 is 20.5 Å². The molecule has 0 aliphatic carbocycles. The first-order valence-corrected chi connectivity index (χ1v) is 4.86. The van der Waals surface area contributed by atoms with Gasteiger partial charge in [-0.1, -0.05) is 0 Å². The number of β-amino-alcohol motifs (C(OH)–C–C–N with tert-alkyl or cyclic N) is 1. The van der Waals surface area contributed by atoms with E-state index >= 15 is 0 Å². The number of methoxy groups -OCH3 is 1. The van der Waals surface area contributed by atoms with Gasteiger partial charge >= 0.3 is 0 Å². The summed E-state index contributed by atoms with van der Waals surface area (Å²) in [6, 6.07) is -0.500. The fraction of sp³-hybridized carbons (Fsp3) is 0.889. The number of hydrogen-bond donors (Lipinski definition) is 2. The molecule has 1 aliphatic rings. The van der Waals surface area contributed by atoms with Crippen LogP contribution >= 0.6 is 0 Å². The molecular formula is C9H18N2O3. The van der Waals surface area contributed by atoms with Gasteiger partial charge in [-0.05, 0) is 12.8 Å². The quantitative estimate of drug-likeness (QED) is 0.609. The SMILES string of the molecule is COCCC(N)C(=O)N1CCC(O)C1. The number of nitrogens with two attached hydrogens (primary N) is 1. The van der Waals surface area contributed by atoms with Crippen molar-refractivity contribution in [1.82, 2.24) is 4.90 Å². The van der Waals surface area contributed by atoms with Crippen LogP contribution in [0.1, 0.15) is 12.8 Å². The second-order valence-corrected chi connectivity index (χ2v) is 3.61. The molecule has 82 valence electrons. The van der Waals surface area contributed by atoms with Crippen LogP contribution in [0.4, 0.5) is 0 Å². The molecule has 5 nitrogen and oxygen atoms in total. The first-order chi connectivity index (χ1) is 6.65. The number of likely N-dealkylation sites (tertiary alicyclic amines) is 1. The third-order valence-electron chi connectivity index (χ3n) is 2.43. The van der Waals surface area contributed by atoms with E-state index in [-0.39, 0.29) is 12.0 Å². The summed E-state index contributed by atoms with van der Waals surface area (Å²) < 4.78 is 4.85. The lowest BCUT2D eigenvalue weighted by atomic mass is 10.2. The molecule has 0 aromatic carbocycles. The van der Waals surface area contributed by atoms with Gasteiger partial charge in [0.25, 0.3) is 0 Å². The van der Waals surface area contributed by atoms with Crippen molar-refractivity contribution in [3.05, 3.63) is 0 Å². The predicted octanol–water partition coefficient (Wildman–Crippen LogP) is -1.06. The maximum absolute atomic E-state index is 11.6. The summed E-state index contributed by atoms with van der Waals surface area (Å²) in [5.41, 5.74) is 5.68. The first kappa shape index (κ1) is 11.4. The number of carbonyl (C=O) groups is 1. The number of ether oxygens (including phenoxy) is 1. The first-order valence-electron chi connectivity index (χ1n) is 4.86. The third-order valence-corrected chi connectivity index (χ3v) is 2.43. The van der Waals surface area contributed by atoms with Gasteiger partial charge in [0.15, 0.2) is 0 Å². The predicted molar refractivity (Wildman–Crippen MR) is 51.7 cm³/mol. The van der Waals surface area contributed by atoms with Gasteiger partial charge in [-0.3, -0.25) is 4.79 Å². The summed E-state index contributed by atoms with van der Waals surface area (Å²) >= 11 is 0. The highest BCUT2D eigenvalue weighted by atomic mass is 16.5. The van der Waals surface area contributed by atoms with Crippen molar-refractivity contribution in [1.29, 1.82) is 0 Å². The van der Waals surface area contributed by atoms with E-state index in [0.717, 1.165) is 0 Å². The average Bonchev–Trinajstić information content (AvgIpc) is 2.60. The monoisotopic (exact) mass is 202 g/mol. The Morgan fingerprint density at radius 2 is 2.50 bits per heavy atom. The van der Waals surface area contributed by atoms with E-state index in [4.69, 9.17) is 10.5 Å². The van der Waals surface area contributed by atoms with Crippen LogP contribution in [0.15, 0.2) is 0 Å². The Morgan fingerprint density at radius 3 is 3.00 bits per heavy atom. The molecule has 2 atom stereocenters. The molecule has 1 amide bonds. The second-order valence-electron chi connectivity index (χ2n) is 3.61. The highest BCUT2D eigenvalue weighted by molar-refractivity contribution is 5.81. The summed E-state index contributed by atoms with van der Waals surface area (Å²) in [7, 11) is 1.58. The topological polar surface area (TPSA) is 75.8 Å². The van der Waals surface area contributed by atoms with E-state index in [9.17, 15) is 9.90 Å². The van der Waals surface area contributed by atoms with Gasteiger partial charge in [0.2, 0.25) is 5.91 Å². The number of amides is 1. The van der Waals surface area contributed by atoms with Crippen LogP contribution < -0.4 is 5.73 Å². The van der Waals surface area contributed by atoms with Crippen LogP contribution in [0.2, 0.25) is 0 Å². The molecule has 1 fully saturated rings. The summed E-state index contributed by atoms with van der Waals surface area (Å²) in [4.78, 5) is 13.2. The van der Waals surface area contributed by atoms with Crippen molar-refractivity contribution in [2.24, 2.45) is 5.73 Å². The molecule has 0 aromatic heterocycles. The molecule has 1 heterocycles. The second kappa shape index (κ2) is 5.29. The standard InChI is InChI=1S/C9H18N2O3/c1-14-5-3-8(10)9(13)11-4-2-7(12)6-11/h7-8,12H,2-6,10H2,1H3. The summed E-state index contributed by atoms with van der Waals surface area (Å²) in [6.45, 7) is 1.52. The van der Waals surface area contributed by atoms with Gasteiger partial charge in [-0.2, -0.15) is 0 Å². The van der Waals surface area contributed by atoms with Crippen molar-refractivity contribution in [2.75, 3.05) is 26.8 Å². The van der Waals surface area contributed by atoms with Crippen molar-refractivity contribution in [2.45, 2.75) is 25.0 Å². The molecule has 0 radical (unpaired) electrons. The van der Waals surface area contributed by atoms with E-state index in [1.807, 2.05) is 0 Å². The Balaban J connectivity index is 2.32. The highest BCUT2D eigenvalue weighted by Crippen LogP contribution is 2.10. The van der Waals surface area contributed by atoms with E-state index in [1.165, 1.54) is 0 Å². The molecule has 1 saturated heterocycles. The Bertz CT molecular complexity index is 198. The van der Waals surface area contributed by atoms with Crippen LogP contribution in [-0.4, -0.2) is 54.9 Å². The molecule has 0 aromatic rings. The van der Waals surface area contributed by atoms with Gasteiger partial charge in [-0.15, -0.1) is 0 Å². The Kier molecular flexibility index (Phi) is 4.31. The van der Waals surface area contributed by atoms with Crippen LogP contribution in [0.25, 0.3) is 0 Å². The Hall–Kier alpha value is -0.650. The maximum Gasteiger partial charge on any atom is 0.239 e. The zero-order valence-electron chi connectivity index (χ0n) is 8.48. The molecular weight excluding hydrogens is 184 g/mol. The summed E-state index contributed by atoms with van der Waals surface area (Å²) in [5, 5.41) is 9.25. The van der Waals surface area contributed by atoms with E-state index in [2.05, 4.69) is 0 Å². The van der Waals surface area contributed by atoms with Crippen LogP contribution in [0, 0.1) is 0 Å². The van der Waals surface area contributed by atoms with Crippen molar-refractivity contribution in [3.63, 3.8) is 0 Å². The molecule has 1 rings (SSSR count). The molecule has 0 bridgehead atoms. The molecule has 5 heteroatoms. The lowest BCUT2D eigenvalue weighted by Gasteiger charge is -2.19. The normalized spacial score (nSPS) is 23.9. The number of rotatable bonds is 4. The average molecular weight is 202 g/mol. The van der Waals surface area contributed by atoms with Crippen LogP contribution in [0.3, 0.4) is 0 Å². The van der Waals surface area contributed by atoms with E-state index in [1.54, 1.807) is 12.0 Å². The van der Waals surface area contributed by atoms with Gasteiger partial charge in [0.05, 0.1) is 12.1 Å². The maximum atomic E-state index is 11.6. The zero-order valence-corrected chi connectivity index (χ0v) is 8.48. The molecule has 0 spiro atoms. The summed E-state index contributed by atoms with van der Waals surface area (Å²) in [5.74, 6) is -0.0846. The third kappa shape index (κ3) is 2.94. The minimum atomic E-state index is -0.500. The number of hydrogen-bond acceptors (Lipinski definition) is 4. The van der Waals surface area contributed by atoms with Gasteiger partial charge in [-0.25, -0.2) is 0 Å². The van der Waals surface area contributed by atoms with E-state index < -0.39 is 6.04 Å². The summed E-state index contributed by atoms with van der Waals surface area (Å²) in [6.07, 6.45) is 0.804. The Morgan fingerprint density at radius 1 is 1.79 bits per heavy atom. The van der Waals surface area contributed by atoms with Gasteiger partial charge in [0.1, 0.15) is 0 Å². The fourth-order valence-electron chi connectivity index (χ4n) is 1.54. The van der Waals surface area contributed by atoms with Crippen LogP contribution in [0.5, 0.6) is 0 Å². The van der Waals surface area contributed by atoms with Crippen molar-refractivity contribution >= 4 is 5.91 Å². The fourth-order valence-corrected chi connectivity index (χ4v) is 1.54. The van der Waals surface area contributed by atoms with E-state index in [0.29, 0.717) is 32.5 Å². The van der Waals surface area contributed by atoms with Crippen LogP contribution in [-0.2, 0) is 9.53 Å². The molecule has 3 N–H and O–H groups in total. The van der Waals surface area contributed by atoms with Crippen molar-refractivity contribution in [3.8, 4) is 0 Å². The molecule has 0 saturated carbocycles. The molecule has 14 heavy (non-hydrogen) atoms. The zero-order chi connectivity index (χ0) is 10.6. The number of aliphatic hydroxyl groups excluding tert-OH is 1. The number of aliphatic hydroxyl groups is 1. The Labute approximate surface area is 83.8 Å². The number of nitrogens with zero attached hydrogens (tertiary/aromatic N) is 1. The minimum Gasteiger partial charge on any atom is -0.391 e. The van der Waals surface area contributed by atoms with Gasteiger partial charge in [0, 0.05) is 26.8 Å². The lowest BCUT2D eigenvalue weighted by Crippen LogP contribution is -2.43. The number of carbonyl (C=O) groups excluding carboxylic acids is 1. The molecule has 2 unspecified atom stereocenters. The van der Waals surface area contributed by atoms with Crippen molar-refractivity contribution < 1.29 is 14.6 Å². The molecule has 1 aliphatic heterocycles.